The van der Waals surface area contributed by atoms with Gasteiger partial charge in [-0.3, -0.25) is 0 Å². The summed E-state index contributed by atoms with van der Waals surface area (Å²) < 4.78 is 4.93. The van der Waals surface area contributed by atoms with Crippen LogP contribution in [0.25, 0.3) is 0 Å². The molecule has 88 valence electrons. The zero-order chi connectivity index (χ0) is 12.1. The summed E-state index contributed by atoms with van der Waals surface area (Å²) in [6.07, 6.45) is 0. The van der Waals surface area contributed by atoms with E-state index in [0.29, 0.717) is 12.5 Å². The third kappa shape index (κ3) is 3.34. The van der Waals surface area contributed by atoms with Gasteiger partial charge in [0.2, 0.25) is 0 Å². The highest BCUT2D eigenvalue weighted by Gasteiger charge is 1.99. The highest BCUT2D eigenvalue weighted by atomic mass is 16.5. The molecule has 0 unspecified atom stereocenters. The van der Waals surface area contributed by atoms with E-state index in [0.717, 1.165) is 17.1 Å². The Morgan fingerprint density at radius 1 is 1.41 bits per heavy atom. The third-order valence-corrected chi connectivity index (χ3v) is 2.13. The molecule has 0 aliphatic carbocycles. The number of guanidine groups is 1. The van der Waals surface area contributed by atoms with Gasteiger partial charge in [-0.25, -0.2) is 4.99 Å². The molecule has 17 heavy (non-hydrogen) atoms. The molecular formula is C12H14N4O. The number of aromatic nitrogens is 1. The molecule has 0 amide bonds. The Morgan fingerprint density at radius 2 is 2.18 bits per heavy atom. The van der Waals surface area contributed by atoms with Crippen LogP contribution >= 0.6 is 0 Å². The standard InChI is InChI=1S/C12H14N4O/c1-9-7-11(16-17-9)8-14-12(13)15-10-5-3-2-4-6-10/h2-7H,8H2,1H3,(H3,13,14,15). The fourth-order valence-corrected chi connectivity index (χ4v) is 1.37. The third-order valence-electron chi connectivity index (χ3n) is 2.13. The highest BCUT2D eigenvalue weighted by Crippen LogP contribution is 2.05. The normalized spacial score (nSPS) is 11.5. The molecule has 0 spiro atoms. The first-order valence-corrected chi connectivity index (χ1v) is 5.28. The summed E-state index contributed by atoms with van der Waals surface area (Å²) in [7, 11) is 0. The molecule has 2 aromatic rings. The fourth-order valence-electron chi connectivity index (χ4n) is 1.37. The molecule has 1 heterocycles. The fraction of sp³-hybridized carbons (Fsp3) is 0.167. The van der Waals surface area contributed by atoms with Crippen molar-refractivity contribution in [1.82, 2.24) is 5.16 Å². The van der Waals surface area contributed by atoms with E-state index >= 15 is 0 Å². The van der Waals surface area contributed by atoms with Gasteiger partial charge in [0, 0.05) is 11.8 Å². The Hall–Kier alpha value is -2.30. The van der Waals surface area contributed by atoms with Gasteiger partial charge in [0.05, 0.1) is 6.54 Å². The van der Waals surface area contributed by atoms with Crippen molar-refractivity contribution in [2.24, 2.45) is 10.7 Å². The van der Waals surface area contributed by atoms with Gasteiger partial charge in [-0.05, 0) is 19.1 Å². The largest absolute Gasteiger partial charge is 0.370 e. The van der Waals surface area contributed by atoms with Gasteiger partial charge < -0.3 is 15.6 Å². The number of nitrogens with two attached hydrogens (primary N) is 1. The minimum absolute atomic E-state index is 0.358. The monoisotopic (exact) mass is 230 g/mol. The lowest BCUT2D eigenvalue weighted by molar-refractivity contribution is 0.391. The van der Waals surface area contributed by atoms with Crippen LogP contribution in [0.2, 0.25) is 0 Å². The molecular weight excluding hydrogens is 216 g/mol. The van der Waals surface area contributed by atoms with Gasteiger partial charge in [-0.1, -0.05) is 23.4 Å². The number of aryl methyl sites for hydroxylation is 1. The van der Waals surface area contributed by atoms with Crippen LogP contribution in [0, 0.1) is 6.92 Å². The molecule has 1 aromatic heterocycles. The van der Waals surface area contributed by atoms with Crippen molar-refractivity contribution in [3.63, 3.8) is 0 Å². The van der Waals surface area contributed by atoms with E-state index in [4.69, 9.17) is 10.3 Å². The molecule has 0 aliphatic heterocycles. The second-order valence-electron chi connectivity index (χ2n) is 3.62. The smallest absolute Gasteiger partial charge is 0.193 e. The van der Waals surface area contributed by atoms with Gasteiger partial charge in [0.25, 0.3) is 0 Å². The van der Waals surface area contributed by atoms with E-state index in [2.05, 4.69) is 15.5 Å². The van der Waals surface area contributed by atoms with Crippen molar-refractivity contribution >= 4 is 11.6 Å². The molecule has 0 fully saturated rings. The lowest BCUT2D eigenvalue weighted by atomic mass is 10.3. The van der Waals surface area contributed by atoms with Crippen molar-refractivity contribution in [2.75, 3.05) is 5.32 Å². The molecule has 0 aliphatic rings. The van der Waals surface area contributed by atoms with E-state index < -0.39 is 0 Å². The number of rotatable bonds is 3. The maximum absolute atomic E-state index is 5.74. The molecule has 0 bridgehead atoms. The first-order chi connectivity index (χ1) is 8.24. The minimum Gasteiger partial charge on any atom is -0.370 e. The van der Waals surface area contributed by atoms with Gasteiger partial charge >= 0.3 is 0 Å². The number of para-hydroxylation sites is 1. The van der Waals surface area contributed by atoms with Gasteiger partial charge in [-0.2, -0.15) is 0 Å². The van der Waals surface area contributed by atoms with Crippen molar-refractivity contribution in [1.29, 1.82) is 0 Å². The highest BCUT2D eigenvalue weighted by molar-refractivity contribution is 5.92. The SMILES string of the molecule is Cc1cc(CN=C(N)Nc2ccccc2)no1. The molecule has 5 nitrogen and oxygen atoms in total. The van der Waals surface area contributed by atoms with E-state index in [-0.39, 0.29) is 0 Å². The molecule has 2 rings (SSSR count). The number of nitrogens with one attached hydrogen (secondary N) is 1. The summed E-state index contributed by atoms with van der Waals surface area (Å²) >= 11 is 0. The molecule has 0 radical (unpaired) electrons. The Balaban J connectivity index is 1.94. The van der Waals surface area contributed by atoms with Crippen LogP contribution in [0.1, 0.15) is 11.5 Å². The number of anilines is 1. The summed E-state index contributed by atoms with van der Waals surface area (Å²) in [6.45, 7) is 2.24. The van der Waals surface area contributed by atoms with Crippen molar-refractivity contribution in [3.8, 4) is 0 Å². The van der Waals surface area contributed by atoms with Gasteiger partial charge in [0.1, 0.15) is 11.5 Å². The van der Waals surface area contributed by atoms with Crippen LogP contribution in [0.15, 0.2) is 45.9 Å². The molecule has 1 aromatic carbocycles. The van der Waals surface area contributed by atoms with Gasteiger partial charge in [0.15, 0.2) is 5.96 Å². The number of aliphatic imine (C=N–C) groups is 1. The average Bonchev–Trinajstić information content (AvgIpc) is 2.74. The quantitative estimate of drug-likeness (QED) is 0.623. The summed E-state index contributed by atoms with van der Waals surface area (Å²) in [5, 5.41) is 6.82. The predicted molar refractivity (Wildman–Crippen MR) is 66.6 cm³/mol. The van der Waals surface area contributed by atoms with Crippen molar-refractivity contribution in [3.05, 3.63) is 47.9 Å². The first-order valence-electron chi connectivity index (χ1n) is 5.28. The van der Waals surface area contributed by atoms with Gasteiger partial charge in [-0.15, -0.1) is 0 Å². The zero-order valence-corrected chi connectivity index (χ0v) is 9.55. The maximum atomic E-state index is 5.74. The number of nitrogens with zero attached hydrogens (tertiary/aromatic N) is 2. The predicted octanol–water partition coefficient (Wildman–Crippen LogP) is 1.91. The van der Waals surface area contributed by atoms with Crippen molar-refractivity contribution in [2.45, 2.75) is 13.5 Å². The van der Waals surface area contributed by atoms with Crippen molar-refractivity contribution < 1.29 is 4.52 Å². The van der Waals surface area contributed by atoms with Crippen LogP contribution in [0.4, 0.5) is 5.69 Å². The van der Waals surface area contributed by atoms with Crippen LogP contribution in [-0.4, -0.2) is 11.1 Å². The van der Waals surface area contributed by atoms with E-state index in [9.17, 15) is 0 Å². The Kier molecular flexibility index (Phi) is 3.40. The zero-order valence-electron chi connectivity index (χ0n) is 9.55. The summed E-state index contributed by atoms with van der Waals surface area (Å²) in [6, 6.07) is 11.5. The summed E-state index contributed by atoms with van der Waals surface area (Å²) in [5.41, 5.74) is 7.41. The van der Waals surface area contributed by atoms with E-state index in [1.54, 1.807) is 0 Å². The summed E-state index contributed by atoms with van der Waals surface area (Å²) in [4.78, 5) is 4.16. The molecule has 0 atom stereocenters. The van der Waals surface area contributed by atoms with Crippen LogP contribution < -0.4 is 11.1 Å². The lowest BCUT2D eigenvalue weighted by Crippen LogP contribution is -2.22. The molecule has 3 N–H and O–H groups in total. The van der Waals surface area contributed by atoms with Crippen LogP contribution in [-0.2, 0) is 6.54 Å². The number of hydrogen-bond donors (Lipinski definition) is 2. The molecule has 0 saturated carbocycles. The maximum Gasteiger partial charge on any atom is 0.193 e. The average molecular weight is 230 g/mol. The first kappa shape index (κ1) is 11.2. The minimum atomic E-state index is 0.358. The van der Waals surface area contributed by atoms with Crippen LogP contribution in [0.5, 0.6) is 0 Å². The topological polar surface area (TPSA) is 76.4 Å². The summed E-state index contributed by atoms with van der Waals surface area (Å²) in [5.74, 6) is 1.13. The van der Waals surface area contributed by atoms with E-state index in [1.807, 2.05) is 43.3 Å². The lowest BCUT2D eigenvalue weighted by Gasteiger charge is -2.03. The molecule has 0 saturated heterocycles. The Bertz CT molecular complexity index is 504. The van der Waals surface area contributed by atoms with Crippen LogP contribution in [0.3, 0.4) is 0 Å². The Morgan fingerprint density at radius 3 is 2.82 bits per heavy atom. The number of hydrogen-bond acceptors (Lipinski definition) is 3. The second-order valence-corrected chi connectivity index (χ2v) is 3.62. The number of benzene rings is 1. The Labute approximate surface area is 99.3 Å². The van der Waals surface area contributed by atoms with E-state index in [1.165, 1.54) is 0 Å². The molecule has 5 heteroatoms. The second kappa shape index (κ2) is 5.16.